The Morgan fingerprint density at radius 1 is 1.14 bits per heavy atom. The van der Waals surface area contributed by atoms with Crippen LogP contribution in [0.1, 0.15) is 34.3 Å². The molecule has 0 amide bonds. The van der Waals surface area contributed by atoms with Crippen LogP contribution in [-0.2, 0) is 12.0 Å². The van der Waals surface area contributed by atoms with E-state index in [2.05, 4.69) is 11.4 Å². The minimum Gasteiger partial charge on any atom is -0.478 e. The van der Waals surface area contributed by atoms with Gasteiger partial charge in [-0.25, -0.2) is 4.79 Å². The van der Waals surface area contributed by atoms with Crippen molar-refractivity contribution in [1.82, 2.24) is 5.32 Å². The van der Waals surface area contributed by atoms with Crippen molar-refractivity contribution in [3.05, 3.63) is 70.2 Å². The maximum absolute atomic E-state index is 10.8. The van der Waals surface area contributed by atoms with Gasteiger partial charge in [0.2, 0.25) is 0 Å². The van der Waals surface area contributed by atoms with E-state index in [1.54, 1.807) is 12.1 Å². The second kappa shape index (κ2) is 6.11. The minimum atomic E-state index is -0.893. The Bertz CT molecular complexity index is 678. The number of hydrogen-bond donors (Lipinski definition) is 2. The average molecular weight is 316 g/mol. The predicted octanol–water partition coefficient (Wildman–Crippen LogP) is 3.86. The van der Waals surface area contributed by atoms with Gasteiger partial charge in [0.15, 0.2) is 0 Å². The molecule has 2 N–H and O–H groups in total. The highest BCUT2D eigenvalue weighted by Gasteiger charge is 2.44. The maximum atomic E-state index is 10.8. The fraction of sp³-hybridized carbons (Fsp3) is 0.278. The summed E-state index contributed by atoms with van der Waals surface area (Å²) in [6, 6.07) is 15.0. The Kier molecular flexibility index (Phi) is 4.19. The minimum absolute atomic E-state index is 0.166. The zero-order valence-corrected chi connectivity index (χ0v) is 12.9. The van der Waals surface area contributed by atoms with Gasteiger partial charge in [0, 0.05) is 23.5 Å². The molecule has 0 saturated heterocycles. The summed E-state index contributed by atoms with van der Waals surface area (Å²) in [6.45, 7) is 1.61. The summed E-state index contributed by atoms with van der Waals surface area (Å²) in [5, 5.41) is 13.2. The predicted molar refractivity (Wildman–Crippen MR) is 87.5 cm³/mol. The van der Waals surface area contributed by atoms with Gasteiger partial charge in [-0.2, -0.15) is 0 Å². The van der Waals surface area contributed by atoms with Gasteiger partial charge in [-0.05, 0) is 42.2 Å². The SMILES string of the molecule is O=C(O)c1ccc(CNCC2(c3ccccc3Cl)CC2)cc1. The molecule has 3 nitrogen and oxygen atoms in total. The summed E-state index contributed by atoms with van der Waals surface area (Å²) >= 11 is 6.31. The third-order valence-corrected chi connectivity index (χ3v) is 4.62. The van der Waals surface area contributed by atoms with E-state index in [4.69, 9.17) is 16.7 Å². The number of benzene rings is 2. The van der Waals surface area contributed by atoms with Crippen LogP contribution in [0.5, 0.6) is 0 Å². The molecule has 1 fully saturated rings. The van der Waals surface area contributed by atoms with Crippen molar-refractivity contribution >= 4 is 17.6 Å². The molecule has 1 aliphatic carbocycles. The van der Waals surface area contributed by atoms with Gasteiger partial charge in [0.05, 0.1) is 5.56 Å². The van der Waals surface area contributed by atoms with Crippen LogP contribution in [0.3, 0.4) is 0 Å². The lowest BCUT2D eigenvalue weighted by Gasteiger charge is -2.18. The first-order valence-corrected chi connectivity index (χ1v) is 7.76. The zero-order valence-electron chi connectivity index (χ0n) is 12.2. The highest BCUT2D eigenvalue weighted by molar-refractivity contribution is 6.31. The van der Waals surface area contributed by atoms with Crippen LogP contribution in [0, 0.1) is 0 Å². The Balaban J connectivity index is 1.59. The van der Waals surface area contributed by atoms with Crippen LogP contribution in [0.15, 0.2) is 48.5 Å². The number of carbonyl (C=O) groups is 1. The van der Waals surface area contributed by atoms with Crippen LogP contribution >= 0.6 is 11.6 Å². The molecule has 2 aromatic carbocycles. The summed E-state index contributed by atoms with van der Waals surface area (Å²) in [5.74, 6) is -0.893. The standard InChI is InChI=1S/C18H18ClNO2/c19-16-4-2-1-3-15(16)18(9-10-18)12-20-11-13-5-7-14(8-6-13)17(21)22/h1-8,20H,9-12H2,(H,21,22). The molecule has 1 saturated carbocycles. The molecule has 114 valence electrons. The lowest BCUT2D eigenvalue weighted by Crippen LogP contribution is -2.26. The number of aromatic carboxylic acids is 1. The molecule has 0 radical (unpaired) electrons. The molecule has 0 aliphatic heterocycles. The first-order valence-electron chi connectivity index (χ1n) is 7.39. The second-order valence-electron chi connectivity index (χ2n) is 5.87. The quantitative estimate of drug-likeness (QED) is 0.851. The van der Waals surface area contributed by atoms with Crippen molar-refractivity contribution in [2.24, 2.45) is 0 Å². The van der Waals surface area contributed by atoms with E-state index in [0.717, 1.165) is 36.5 Å². The molecule has 4 heteroatoms. The smallest absolute Gasteiger partial charge is 0.335 e. The van der Waals surface area contributed by atoms with E-state index in [1.807, 2.05) is 30.3 Å². The van der Waals surface area contributed by atoms with E-state index in [-0.39, 0.29) is 5.41 Å². The second-order valence-corrected chi connectivity index (χ2v) is 6.27. The van der Waals surface area contributed by atoms with Crippen LogP contribution in [0.4, 0.5) is 0 Å². The van der Waals surface area contributed by atoms with E-state index in [9.17, 15) is 4.79 Å². The lowest BCUT2D eigenvalue weighted by atomic mass is 9.96. The monoisotopic (exact) mass is 315 g/mol. The highest BCUT2D eigenvalue weighted by atomic mass is 35.5. The van der Waals surface area contributed by atoms with E-state index in [1.165, 1.54) is 5.56 Å². The molecule has 1 aliphatic rings. The van der Waals surface area contributed by atoms with Gasteiger partial charge in [0.1, 0.15) is 0 Å². The van der Waals surface area contributed by atoms with Crippen LogP contribution in [0.25, 0.3) is 0 Å². The lowest BCUT2D eigenvalue weighted by molar-refractivity contribution is 0.0697. The fourth-order valence-corrected chi connectivity index (χ4v) is 3.13. The third-order valence-electron chi connectivity index (χ3n) is 4.29. The number of nitrogens with one attached hydrogen (secondary N) is 1. The molecular weight excluding hydrogens is 298 g/mol. The summed E-state index contributed by atoms with van der Waals surface area (Å²) in [7, 11) is 0. The van der Waals surface area contributed by atoms with Gasteiger partial charge < -0.3 is 10.4 Å². The van der Waals surface area contributed by atoms with Crippen molar-refractivity contribution in [3.8, 4) is 0 Å². The Morgan fingerprint density at radius 2 is 1.82 bits per heavy atom. The number of carboxylic acid groups (broad SMARTS) is 1. The average Bonchev–Trinajstić information content (AvgIpc) is 3.29. The van der Waals surface area contributed by atoms with Gasteiger partial charge >= 0.3 is 5.97 Å². The number of carboxylic acids is 1. The molecule has 22 heavy (non-hydrogen) atoms. The van der Waals surface area contributed by atoms with Crippen LogP contribution in [-0.4, -0.2) is 17.6 Å². The number of rotatable bonds is 6. The topological polar surface area (TPSA) is 49.3 Å². The van der Waals surface area contributed by atoms with E-state index in [0.29, 0.717) is 5.56 Å². The van der Waals surface area contributed by atoms with Gasteiger partial charge in [-0.3, -0.25) is 0 Å². The van der Waals surface area contributed by atoms with Crippen molar-refractivity contribution in [3.63, 3.8) is 0 Å². The van der Waals surface area contributed by atoms with Crippen molar-refractivity contribution in [1.29, 1.82) is 0 Å². The molecule has 2 aromatic rings. The van der Waals surface area contributed by atoms with Crippen molar-refractivity contribution < 1.29 is 9.90 Å². The fourth-order valence-electron chi connectivity index (χ4n) is 2.79. The molecule has 0 spiro atoms. The molecule has 0 heterocycles. The molecule has 0 bridgehead atoms. The third kappa shape index (κ3) is 3.16. The van der Waals surface area contributed by atoms with Gasteiger partial charge in [-0.1, -0.05) is 41.9 Å². The molecular formula is C18H18ClNO2. The van der Waals surface area contributed by atoms with Gasteiger partial charge in [-0.15, -0.1) is 0 Å². The molecule has 0 atom stereocenters. The summed E-state index contributed by atoms with van der Waals surface area (Å²) < 4.78 is 0. The van der Waals surface area contributed by atoms with E-state index < -0.39 is 5.97 Å². The van der Waals surface area contributed by atoms with Crippen LogP contribution in [0.2, 0.25) is 5.02 Å². The number of halogens is 1. The number of hydrogen-bond acceptors (Lipinski definition) is 2. The van der Waals surface area contributed by atoms with Crippen molar-refractivity contribution in [2.75, 3.05) is 6.54 Å². The zero-order chi connectivity index (χ0) is 15.6. The Labute approximate surface area is 134 Å². The molecule has 0 unspecified atom stereocenters. The van der Waals surface area contributed by atoms with E-state index >= 15 is 0 Å². The summed E-state index contributed by atoms with van der Waals surface area (Å²) in [4.78, 5) is 10.8. The normalized spacial score (nSPS) is 15.5. The highest BCUT2D eigenvalue weighted by Crippen LogP contribution is 2.49. The largest absolute Gasteiger partial charge is 0.478 e. The van der Waals surface area contributed by atoms with Crippen LogP contribution < -0.4 is 5.32 Å². The molecule has 0 aromatic heterocycles. The first-order chi connectivity index (χ1) is 10.6. The van der Waals surface area contributed by atoms with Crippen molar-refractivity contribution in [2.45, 2.75) is 24.8 Å². The van der Waals surface area contributed by atoms with Gasteiger partial charge in [0.25, 0.3) is 0 Å². The maximum Gasteiger partial charge on any atom is 0.335 e. The molecule has 3 rings (SSSR count). The Hall–Kier alpha value is -1.84. The summed E-state index contributed by atoms with van der Waals surface area (Å²) in [6.07, 6.45) is 2.31. The Morgan fingerprint density at radius 3 is 2.41 bits per heavy atom. The first kappa shape index (κ1) is 15.1. The summed E-state index contributed by atoms with van der Waals surface area (Å²) in [5.41, 5.74) is 2.79.